The van der Waals surface area contributed by atoms with Crippen molar-refractivity contribution in [2.24, 2.45) is 0 Å². The minimum Gasteiger partial charge on any atom is -0.352 e. The average molecular weight is 576 g/mol. The summed E-state index contributed by atoms with van der Waals surface area (Å²) in [5.41, 5.74) is 3.38. The van der Waals surface area contributed by atoms with Crippen molar-refractivity contribution in [1.29, 1.82) is 0 Å². The maximum Gasteiger partial charge on any atom is 0.243 e. The van der Waals surface area contributed by atoms with E-state index in [-0.39, 0.29) is 30.8 Å². The summed E-state index contributed by atoms with van der Waals surface area (Å²) < 4.78 is 26.7. The second kappa shape index (κ2) is 14.3. The zero-order valence-corrected chi connectivity index (χ0v) is 24.9. The monoisotopic (exact) mass is 575 g/mol. The standard InChI is InChI=1S/C33H41N3O4S/c1-26-14-9-12-21-30(26)36(41(2,39)40)23-13-22-32(37)35(25-28-17-7-4-8-18-28)31(24-27-15-5-3-6-16-27)33(38)34-29-19-10-11-20-29/h3-9,12,14-18,21,29,31H,10-11,13,19-20,22-25H2,1-2H3,(H,34,38)/t31-/m0/s1. The number of aryl methyl sites for hydroxylation is 1. The molecule has 1 aliphatic rings. The van der Waals surface area contributed by atoms with Crippen molar-refractivity contribution < 1.29 is 18.0 Å². The van der Waals surface area contributed by atoms with Crippen LogP contribution in [0, 0.1) is 6.92 Å². The number of nitrogens with one attached hydrogen (secondary N) is 1. The average Bonchev–Trinajstić information content (AvgIpc) is 3.47. The third-order valence-corrected chi connectivity index (χ3v) is 8.88. The Bertz CT molecular complexity index is 1390. The van der Waals surface area contributed by atoms with Gasteiger partial charge in [-0.1, -0.05) is 91.7 Å². The van der Waals surface area contributed by atoms with E-state index < -0.39 is 16.1 Å². The van der Waals surface area contributed by atoms with Crippen molar-refractivity contribution in [2.75, 3.05) is 17.1 Å². The number of benzene rings is 3. The van der Waals surface area contributed by atoms with E-state index in [1.54, 1.807) is 11.0 Å². The smallest absolute Gasteiger partial charge is 0.243 e. The molecule has 1 aliphatic carbocycles. The number of anilines is 1. The number of sulfonamides is 1. The fourth-order valence-corrected chi connectivity index (χ4v) is 6.55. The van der Waals surface area contributed by atoms with E-state index in [1.807, 2.05) is 85.8 Å². The lowest BCUT2D eigenvalue weighted by molar-refractivity contribution is -0.141. The summed E-state index contributed by atoms with van der Waals surface area (Å²) >= 11 is 0. The first-order chi connectivity index (χ1) is 19.7. The van der Waals surface area contributed by atoms with Crippen LogP contribution < -0.4 is 9.62 Å². The van der Waals surface area contributed by atoms with Crippen molar-refractivity contribution in [2.45, 2.75) is 70.5 Å². The van der Waals surface area contributed by atoms with Gasteiger partial charge >= 0.3 is 0 Å². The van der Waals surface area contributed by atoms with Crippen LogP contribution in [0.4, 0.5) is 5.69 Å². The minimum atomic E-state index is -3.55. The van der Waals surface area contributed by atoms with Gasteiger partial charge in [-0.15, -0.1) is 0 Å². The SMILES string of the molecule is Cc1ccccc1N(CCCC(=O)N(Cc1ccccc1)[C@@H](Cc1ccccc1)C(=O)NC1CCCC1)S(C)(=O)=O. The molecule has 0 aromatic heterocycles. The highest BCUT2D eigenvalue weighted by molar-refractivity contribution is 7.92. The topological polar surface area (TPSA) is 86.8 Å². The summed E-state index contributed by atoms with van der Waals surface area (Å²) in [6.45, 7) is 2.34. The van der Waals surface area contributed by atoms with Crippen LogP contribution in [0.1, 0.15) is 55.2 Å². The zero-order chi connectivity index (χ0) is 29.2. The summed E-state index contributed by atoms with van der Waals surface area (Å²) in [5, 5.41) is 3.22. The molecule has 0 heterocycles. The lowest BCUT2D eigenvalue weighted by Gasteiger charge is -2.33. The first kappa shape index (κ1) is 30.3. The molecular weight excluding hydrogens is 534 g/mol. The van der Waals surface area contributed by atoms with Gasteiger partial charge in [-0.05, 0) is 48.9 Å². The maximum absolute atomic E-state index is 13.9. The van der Waals surface area contributed by atoms with Crippen molar-refractivity contribution in [3.8, 4) is 0 Å². The largest absolute Gasteiger partial charge is 0.352 e. The number of carbonyl (C=O) groups excluding carboxylic acids is 2. The highest BCUT2D eigenvalue weighted by atomic mass is 32.2. The molecule has 8 heteroatoms. The number of para-hydroxylation sites is 1. The number of amides is 2. The summed E-state index contributed by atoms with van der Waals surface area (Å²) in [4.78, 5) is 29.4. The van der Waals surface area contributed by atoms with Crippen molar-refractivity contribution >= 4 is 27.5 Å². The fraction of sp³-hybridized carbons (Fsp3) is 0.394. The number of carbonyl (C=O) groups is 2. The van der Waals surface area contributed by atoms with E-state index in [2.05, 4.69) is 5.32 Å². The Kier molecular flexibility index (Phi) is 10.6. The fourth-order valence-electron chi connectivity index (χ4n) is 5.53. The molecule has 3 aromatic rings. The molecule has 3 aromatic carbocycles. The summed E-state index contributed by atoms with van der Waals surface area (Å²) in [5.74, 6) is -0.308. The van der Waals surface area contributed by atoms with Gasteiger partial charge in [0, 0.05) is 32.0 Å². The Morgan fingerprint density at radius 1 is 0.878 bits per heavy atom. The van der Waals surface area contributed by atoms with Crippen LogP contribution in [-0.4, -0.2) is 50.0 Å². The molecule has 1 fully saturated rings. The molecule has 1 N–H and O–H groups in total. The molecule has 41 heavy (non-hydrogen) atoms. The quantitative estimate of drug-likeness (QED) is 0.302. The van der Waals surface area contributed by atoms with Crippen LogP contribution >= 0.6 is 0 Å². The summed E-state index contributed by atoms with van der Waals surface area (Å²) in [6, 6.07) is 26.2. The second-order valence-corrected chi connectivity index (χ2v) is 12.8. The zero-order valence-electron chi connectivity index (χ0n) is 24.0. The van der Waals surface area contributed by atoms with Gasteiger partial charge in [0.1, 0.15) is 6.04 Å². The molecule has 0 radical (unpaired) electrons. The number of hydrogen-bond acceptors (Lipinski definition) is 4. The van der Waals surface area contributed by atoms with Gasteiger partial charge in [-0.25, -0.2) is 8.42 Å². The predicted molar refractivity (Wildman–Crippen MR) is 164 cm³/mol. The van der Waals surface area contributed by atoms with Crippen LogP contribution in [0.25, 0.3) is 0 Å². The lowest BCUT2D eigenvalue weighted by Crippen LogP contribution is -2.52. The number of hydrogen-bond donors (Lipinski definition) is 1. The Labute approximate surface area is 244 Å². The van der Waals surface area contributed by atoms with Crippen LogP contribution in [0.15, 0.2) is 84.9 Å². The highest BCUT2D eigenvalue weighted by Crippen LogP contribution is 2.24. The van der Waals surface area contributed by atoms with Crippen LogP contribution in [0.5, 0.6) is 0 Å². The Morgan fingerprint density at radius 2 is 1.46 bits per heavy atom. The predicted octanol–water partition coefficient (Wildman–Crippen LogP) is 5.24. The molecule has 0 unspecified atom stereocenters. The second-order valence-electron chi connectivity index (χ2n) is 10.9. The Balaban J connectivity index is 1.57. The molecule has 0 bridgehead atoms. The van der Waals surface area contributed by atoms with E-state index in [0.29, 0.717) is 25.1 Å². The van der Waals surface area contributed by atoms with Gasteiger partial charge in [0.15, 0.2) is 0 Å². The Morgan fingerprint density at radius 3 is 2.07 bits per heavy atom. The van der Waals surface area contributed by atoms with Gasteiger partial charge in [-0.3, -0.25) is 13.9 Å². The lowest BCUT2D eigenvalue weighted by atomic mass is 10.0. The molecule has 0 saturated heterocycles. The molecular formula is C33H41N3O4S. The normalized spacial score (nSPS) is 14.4. The Hall–Kier alpha value is -3.65. The number of nitrogens with zero attached hydrogens (tertiary/aromatic N) is 2. The molecule has 0 spiro atoms. The first-order valence-corrected chi connectivity index (χ1v) is 16.3. The van der Waals surface area contributed by atoms with Crippen molar-refractivity contribution in [1.82, 2.24) is 10.2 Å². The van der Waals surface area contributed by atoms with Gasteiger partial charge in [0.05, 0.1) is 11.9 Å². The minimum absolute atomic E-state index is 0.118. The molecule has 1 atom stereocenters. The van der Waals surface area contributed by atoms with E-state index in [4.69, 9.17) is 0 Å². The van der Waals surface area contributed by atoms with E-state index in [1.165, 1.54) is 10.6 Å². The molecule has 7 nitrogen and oxygen atoms in total. The first-order valence-electron chi connectivity index (χ1n) is 14.4. The van der Waals surface area contributed by atoms with Crippen molar-refractivity contribution in [3.63, 3.8) is 0 Å². The molecule has 2 amide bonds. The van der Waals surface area contributed by atoms with Crippen molar-refractivity contribution in [3.05, 3.63) is 102 Å². The van der Waals surface area contributed by atoms with E-state index in [9.17, 15) is 18.0 Å². The third-order valence-electron chi connectivity index (χ3n) is 7.70. The summed E-state index contributed by atoms with van der Waals surface area (Å²) in [6.07, 6.45) is 6.13. The van der Waals surface area contributed by atoms with Crippen LogP contribution in [0.3, 0.4) is 0 Å². The summed E-state index contributed by atoms with van der Waals surface area (Å²) in [7, 11) is -3.55. The molecule has 1 saturated carbocycles. The molecule has 0 aliphatic heterocycles. The highest BCUT2D eigenvalue weighted by Gasteiger charge is 2.32. The van der Waals surface area contributed by atoms with E-state index in [0.717, 1.165) is 42.4 Å². The number of rotatable bonds is 13. The van der Waals surface area contributed by atoms with Gasteiger partial charge in [-0.2, -0.15) is 0 Å². The van der Waals surface area contributed by atoms with Gasteiger partial charge in [0.25, 0.3) is 0 Å². The van der Waals surface area contributed by atoms with Crippen LogP contribution in [-0.2, 0) is 32.6 Å². The van der Waals surface area contributed by atoms with Crippen LogP contribution in [0.2, 0.25) is 0 Å². The molecule has 218 valence electrons. The third kappa shape index (κ3) is 8.67. The van der Waals surface area contributed by atoms with Gasteiger partial charge < -0.3 is 10.2 Å². The maximum atomic E-state index is 13.9. The molecule has 4 rings (SSSR count). The van der Waals surface area contributed by atoms with Gasteiger partial charge in [0.2, 0.25) is 21.8 Å². The van der Waals surface area contributed by atoms with E-state index >= 15 is 0 Å².